The predicted octanol–water partition coefficient (Wildman–Crippen LogP) is 1.89. The molecule has 2 heterocycles. The second kappa shape index (κ2) is 5.73. The Morgan fingerprint density at radius 1 is 0.800 bits per heavy atom. The molecule has 2 aliphatic rings. The third-order valence-corrected chi connectivity index (χ3v) is 4.86. The highest BCUT2D eigenvalue weighted by molar-refractivity contribution is 6.12. The molecule has 0 saturated carbocycles. The number of nitrogens with one attached hydrogen (secondary N) is 2. The van der Waals surface area contributed by atoms with Crippen molar-refractivity contribution in [1.82, 2.24) is 10.6 Å². The zero-order valence-corrected chi connectivity index (χ0v) is 13.3. The number of urea groups is 1. The molecule has 2 amide bonds. The number of cyclic esters (lactones) is 1. The molecule has 1 unspecified atom stereocenters. The highest BCUT2D eigenvalue weighted by Gasteiger charge is 2.65. The van der Waals surface area contributed by atoms with E-state index in [1.54, 1.807) is 48.5 Å². The molecule has 0 radical (unpaired) electrons. The number of ether oxygens (including phenoxy) is 1. The molecule has 2 N–H and O–H groups in total. The molecule has 126 valence electrons. The zero-order chi connectivity index (χ0) is 17.4. The van der Waals surface area contributed by atoms with Gasteiger partial charge in [0.1, 0.15) is 0 Å². The standard InChI is InChI=1S/C19H16N2O4/c22-14-11-25-17(23)19(14)15(12-7-3-1-4-8-12)20-18(24)21-16(19)13-9-5-2-6-10-13/h1-10,15-16H,11H2,(H2,20,21,24)/t15-,16+,19?. The minimum Gasteiger partial charge on any atom is -0.457 e. The number of benzene rings is 2. The summed E-state index contributed by atoms with van der Waals surface area (Å²) in [6, 6.07) is 16.0. The van der Waals surface area contributed by atoms with Crippen molar-refractivity contribution < 1.29 is 19.1 Å². The average Bonchev–Trinajstić information content (AvgIpc) is 2.94. The Morgan fingerprint density at radius 3 is 1.68 bits per heavy atom. The van der Waals surface area contributed by atoms with Crippen LogP contribution in [-0.4, -0.2) is 24.4 Å². The van der Waals surface area contributed by atoms with Crippen LogP contribution >= 0.6 is 0 Å². The Kier molecular flexibility index (Phi) is 3.53. The summed E-state index contributed by atoms with van der Waals surface area (Å²) in [7, 11) is 0. The van der Waals surface area contributed by atoms with Gasteiger partial charge in [0, 0.05) is 0 Å². The minimum atomic E-state index is -1.53. The summed E-state index contributed by atoms with van der Waals surface area (Å²) in [5.74, 6) is -0.958. The van der Waals surface area contributed by atoms with E-state index in [1.165, 1.54) is 0 Å². The molecular formula is C19H16N2O4. The fraction of sp³-hybridized carbons (Fsp3) is 0.211. The smallest absolute Gasteiger partial charge is 0.325 e. The van der Waals surface area contributed by atoms with Crippen LogP contribution in [0.4, 0.5) is 4.79 Å². The Bertz CT molecular complexity index is 766. The average molecular weight is 336 g/mol. The Labute approximate surface area is 144 Å². The molecule has 2 aromatic carbocycles. The number of rotatable bonds is 2. The molecule has 2 aliphatic heterocycles. The van der Waals surface area contributed by atoms with Gasteiger partial charge in [0.2, 0.25) is 0 Å². The van der Waals surface area contributed by atoms with Gasteiger partial charge in [-0.15, -0.1) is 0 Å². The summed E-state index contributed by atoms with van der Waals surface area (Å²) in [4.78, 5) is 38.0. The van der Waals surface area contributed by atoms with Gasteiger partial charge in [-0.2, -0.15) is 0 Å². The number of esters is 1. The van der Waals surface area contributed by atoms with E-state index in [0.29, 0.717) is 11.1 Å². The molecule has 0 aromatic heterocycles. The van der Waals surface area contributed by atoms with Gasteiger partial charge in [0.15, 0.2) is 17.8 Å². The lowest BCUT2D eigenvalue weighted by atomic mass is 9.66. The molecule has 2 aromatic rings. The Hall–Kier alpha value is -3.15. The molecule has 6 heteroatoms. The van der Waals surface area contributed by atoms with E-state index < -0.39 is 29.5 Å². The fourth-order valence-corrected chi connectivity index (χ4v) is 3.72. The summed E-state index contributed by atoms with van der Waals surface area (Å²) in [5, 5.41) is 5.51. The van der Waals surface area contributed by atoms with Gasteiger partial charge in [-0.25, -0.2) is 4.79 Å². The zero-order valence-electron chi connectivity index (χ0n) is 13.3. The van der Waals surface area contributed by atoms with Crippen LogP contribution in [0.2, 0.25) is 0 Å². The van der Waals surface area contributed by atoms with E-state index in [-0.39, 0.29) is 12.4 Å². The Morgan fingerprint density at radius 2 is 1.28 bits per heavy atom. The van der Waals surface area contributed by atoms with Gasteiger partial charge in [0.05, 0.1) is 12.1 Å². The Balaban J connectivity index is 1.93. The molecule has 0 bridgehead atoms. The van der Waals surface area contributed by atoms with Crippen molar-refractivity contribution in [3.8, 4) is 0 Å². The van der Waals surface area contributed by atoms with Gasteiger partial charge in [0.25, 0.3) is 0 Å². The number of ketones is 1. The van der Waals surface area contributed by atoms with Crippen molar-refractivity contribution >= 4 is 17.8 Å². The number of carbonyl (C=O) groups excluding carboxylic acids is 3. The molecule has 1 spiro atoms. The SMILES string of the molecule is O=C1N[C@H](c2ccccc2)C2(C(=O)COC2=O)[C@H](c2ccccc2)N1. The summed E-state index contributed by atoms with van der Waals surface area (Å²) < 4.78 is 5.12. The van der Waals surface area contributed by atoms with Gasteiger partial charge >= 0.3 is 12.0 Å². The van der Waals surface area contributed by atoms with E-state index in [9.17, 15) is 14.4 Å². The first-order valence-corrected chi connectivity index (χ1v) is 8.01. The largest absolute Gasteiger partial charge is 0.457 e. The molecule has 2 fully saturated rings. The number of hydrogen-bond acceptors (Lipinski definition) is 4. The van der Waals surface area contributed by atoms with Crippen LogP contribution < -0.4 is 10.6 Å². The fourth-order valence-electron chi connectivity index (χ4n) is 3.72. The van der Waals surface area contributed by atoms with Crippen LogP contribution in [0.15, 0.2) is 60.7 Å². The summed E-state index contributed by atoms with van der Waals surface area (Å²) in [6.45, 7) is -0.289. The van der Waals surface area contributed by atoms with Crippen molar-refractivity contribution in [2.45, 2.75) is 12.1 Å². The quantitative estimate of drug-likeness (QED) is 0.648. The highest BCUT2D eigenvalue weighted by atomic mass is 16.5. The van der Waals surface area contributed by atoms with E-state index in [1.807, 2.05) is 12.1 Å². The van der Waals surface area contributed by atoms with E-state index in [4.69, 9.17) is 4.74 Å². The molecular weight excluding hydrogens is 320 g/mol. The predicted molar refractivity (Wildman–Crippen MR) is 88.4 cm³/mol. The van der Waals surface area contributed by atoms with E-state index >= 15 is 0 Å². The monoisotopic (exact) mass is 336 g/mol. The molecule has 6 nitrogen and oxygen atoms in total. The summed E-state index contributed by atoms with van der Waals surface area (Å²) in [6.07, 6.45) is 0. The lowest BCUT2D eigenvalue weighted by molar-refractivity contribution is -0.151. The molecule has 0 aliphatic carbocycles. The van der Waals surface area contributed by atoms with Gasteiger partial charge in [-0.05, 0) is 11.1 Å². The molecule has 3 atom stereocenters. The third-order valence-electron chi connectivity index (χ3n) is 4.86. The molecule has 25 heavy (non-hydrogen) atoms. The number of amides is 2. The number of Topliss-reactive ketones (excluding diaryl/α,β-unsaturated/α-hetero) is 1. The van der Waals surface area contributed by atoms with Crippen molar-refractivity contribution in [3.05, 3.63) is 71.8 Å². The van der Waals surface area contributed by atoms with Crippen molar-refractivity contribution in [1.29, 1.82) is 0 Å². The van der Waals surface area contributed by atoms with Crippen LogP contribution in [0.25, 0.3) is 0 Å². The summed E-state index contributed by atoms with van der Waals surface area (Å²) >= 11 is 0. The second-order valence-electron chi connectivity index (χ2n) is 6.17. The molecule has 2 saturated heterocycles. The summed E-state index contributed by atoms with van der Waals surface area (Å²) in [5.41, 5.74) is -0.160. The third kappa shape index (κ3) is 2.21. The van der Waals surface area contributed by atoms with Crippen molar-refractivity contribution in [2.75, 3.05) is 6.61 Å². The maximum absolute atomic E-state index is 12.9. The number of carbonyl (C=O) groups is 3. The first kappa shape index (κ1) is 15.4. The molecule has 4 rings (SSSR count). The van der Waals surface area contributed by atoms with Gasteiger partial charge in [-0.1, -0.05) is 60.7 Å². The maximum atomic E-state index is 12.9. The minimum absolute atomic E-state index is 0.289. The first-order valence-electron chi connectivity index (χ1n) is 8.01. The van der Waals surface area contributed by atoms with Crippen LogP contribution in [-0.2, 0) is 14.3 Å². The van der Waals surface area contributed by atoms with E-state index in [0.717, 1.165) is 0 Å². The normalized spacial score (nSPS) is 28.4. The lowest BCUT2D eigenvalue weighted by Crippen LogP contribution is -2.62. The van der Waals surface area contributed by atoms with Crippen LogP contribution in [0, 0.1) is 5.41 Å². The lowest BCUT2D eigenvalue weighted by Gasteiger charge is -2.44. The van der Waals surface area contributed by atoms with Crippen molar-refractivity contribution in [3.63, 3.8) is 0 Å². The van der Waals surface area contributed by atoms with Gasteiger partial charge < -0.3 is 15.4 Å². The van der Waals surface area contributed by atoms with Crippen LogP contribution in [0.1, 0.15) is 23.2 Å². The first-order chi connectivity index (χ1) is 12.1. The van der Waals surface area contributed by atoms with Gasteiger partial charge in [-0.3, -0.25) is 9.59 Å². The van der Waals surface area contributed by atoms with Crippen LogP contribution in [0.5, 0.6) is 0 Å². The number of hydrogen-bond donors (Lipinski definition) is 2. The van der Waals surface area contributed by atoms with Crippen LogP contribution in [0.3, 0.4) is 0 Å². The maximum Gasteiger partial charge on any atom is 0.325 e. The topological polar surface area (TPSA) is 84.5 Å². The second-order valence-corrected chi connectivity index (χ2v) is 6.17. The van der Waals surface area contributed by atoms with Crippen molar-refractivity contribution in [2.24, 2.45) is 5.41 Å². The van der Waals surface area contributed by atoms with E-state index in [2.05, 4.69) is 10.6 Å². The highest BCUT2D eigenvalue weighted by Crippen LogP contribution is 2.50.